The van der Waals surface area contributed by atoms with Crippen LogP contribution < -0.4 is 0 Å². The Kier molecular flexibility index (Phi) is 5.06. The third kappa shape index (κ3) is 3.00. The Morgan fingerprint density at radius 1 is 1.32 bits per heavy atom. The summed E-state index contributed by atoms with van der Waals surface area (Å²) in [6.07, 6.45) is 8.77. The summed E-state index contributed by atoms with van der Waals surface area (Å²) in [6, 6.07) is 0. The second-order valence-corrected chi connectivity index (χ2v) is 10.3. The lowest BCUT2D eigenvalue weighted by atomic mass is 9.46. The van der Waals surface area contributed by atoms with E-state index in [0.29, 0.717) is 18.3 Å². The topological polar surface area (TPSA) is 101 Å². The lowest BCUT2D eigenvalue weighted by Gasteiger charge is -2.58. The van der Waals surface area contributed by atoms with E-state index in [1.54, 1.807) is 12.2 Å². The molecule has 0 amide bonds. The average Bonchev–Trinajstić information content (AvgIpc) is 2.96. The first-order valence-corrected chi connectivity index (χ1v) is 11.4. The first-order chi connectivity index (χ1) is 13.2. The van der Waals surface area contributed by atoms with Crippen LogP contribution in [0.15, 0.2) is 23.8 Å². The van der Waals surface area contributed by atoms with Crippen molar-refractivity contribution < 1.29 is 28.7 Å². The molecule has 4 aliphatic rings. The zero-order valence-corrected chi connectivity index (χ0v) is 17.4. The molecule has 0 bridgehead atoms. The van der Waals surface area contributed by atoms with Crippen LogP contribution in [0.3, 0.4) is 0 Å². The van der Waals surface area contributed by atoms with Crippen molar-refractivity contribution in [2.24, 2.45) is 34.5 Å². The van der Waals surface area contributed by atoms with Crippen molar-refractivity contribution in [3.05, 3.63) is 23.8 Å². The summed E-state index contributed by atoms with van der Waals surface area (Å²) in [5.41, 5.74) is 0.494. The maximum atomic E-state index is 12.7. The molecule has 0 saturated heterocycles. The van der Waals surface area contributed by atoms with Gasteiger partial charge in [0, 0.05) is 17.3 Å². The number of hydrogen-bond acceptors (Lipinski definition) is 5. The standard InChI is InChI=1S/C21H29O6P/c1-20-8-7-13(22)9-12(20)3-4-14-15-5-6-16(18(24)11-27-28(25)26)21(15,2)10-17(23)19(14)20/h7-9,14-17,19,23,28H,3-6,10-11H2,1-2H3,(H,25,26)/t14-,15?,16+,17-,19?,20-,21-/m1/s1. The lowest BCUT2D eigenvalue weighted by molar-refractivity contribution is -0.140. The van der Waals surface area contributed by atoms with Gasteiger partial charge in [-0.2, -0.15) is 0 Å². The number of Topliss-reactive ketones (excluding diaryl/α,β-unsaturated/α-hetero) is 1. The van der Waals surface area contributed by atoms with Gasteiger partial charge in [0.1, 0.15) is 6.61 Å². The first kappa shape index (κ1) is 20.2. The summed E-state index contributed by atoms with van der Waals surface area (Å²) in [6.45, 7) is 3.90. The molecular formula is C21H29O6P. The predicted octanol–water partition coefficient (Wildman–Crippen LogP) is 2.85. The fraction of sp³-hybridized carbons (Fsp3) is 0.714. The van der Waals surface area contributed by atoms with E-state index in [4.69, 9.17) is 9.42 Å². The van der Waals surface area contributed by atoms with Gasteiger partial charge < -0.3 is 14.5 Å². The van der Waals surface area contributed by atoms with E-state index in [-0.39, 0.29) is 40.8 Å². The highest BCUT2D eigenvalue weighted by atomic mass is 31.1. The summed E-state index contributed by atoms with van der Waals surface area (Å²) in [5.74, 6) is 0.316. The molecule has 0 aromatic carbocycles. The van der Waals surface area contributed by atoms with Crippen LogP contribution in [-0.2, 0) is 18.7 Å². The number of hydrogen-bond donors (Lipinski definition) is 2. The number of carbonyl (C=O) groups is 2. The minimum absolute atomic E-state index is 0.0238. The van der Waals surface area contributed by atoms with Crippen molar-refractivity contribution >= 4 is 19.8 Å². The number of fused-ring (bicyclic) bond motifs is 5. The summed E-state index contributed by atoms with van der Waals surface area (Å²) < 4.78 is 15.6. The second kappa shape index (κ2) is 7.02. The van der Waals surface area contributed by atoms with Crippen LogP contribution in [0.25, 0.3) is 0 Å². The molecule has 28 heavy (non-hydrogen) atoms. The van der Waals surface area contributed by atoms with Crippen molar-refractivity contribution in [3.8, 4) is 0 Å². The van der Waals surface area contributed by atoms with Gasteiger partial charge in [0.2, 0.25) is 0 Å². The van der Waals surface area contributed by atoms with Crippen LogP contribution in [0, 0.1) is 34.5 Å². The molecule has 0 aliphatic heterocycles. The zero-order chi connectivity index (χ0) is 20.3. The molecule has 7 heteroatoms. The van der Waals surface area contributed by atoms with Crippen LogP contribution in [0.4, 0.5) is 0 Å². The quantitative estimate of drug-likeness (QED) is 0.694. The van der Waals surface area contributed by atoms with Gasteiger partial charge in [-0.25, -0.2) is 0 Å². The summed E-state index contributed by atoms with van der Waals surface area (Å²) in [7, 11) is -3.12. The van der Waals surface area contributed by atoms with E-state index in [9.17, 15) is 19.3 Å². The fourth-order valence-corrected chi connectivity index (χ4v) is 7.35. The van der Waals surface area contributed by atoms with Crippen LogP contribution in [0.1, 0.15) is 46.0 Å². The fourth-order valence-electron chi connectivity index (χ4n) is 7.09. The van der Waals surface area contributed by atoms with Crippen molar-refractivity contribution in [2.75, 3.05) is 6.61 Å². The van der Waals surface area contributed by atoms with Crippen LogP contribution in [0.5, 0.6) is 0 Å². The summed E-state index contributed by atoms with van der Waals surface area (Å²) >= 11 is 0. The Hall–Kier alpha value is -1.07. The van der Waals surface area contributed by atoms with E-state index in [2.05, 4.69) is 13.8 Å². The molecule has 6 nitrogen and oxygen atoms in total. The minimum Gasteiger partial charge on any atom is -0.393 e. The average molecular weight is 408 g/mol. The van der Waals surface area contributed by atoms with E-state index < -0.39 is 14.4 Å². The highest BCUT2D eigenvalue weighted by Crippen LogP contribution is 2.66. The molecule has 4 aliphatic carbocycles. The Morgan fingerprint density at radius 2 is 2.07 bits per heavy atom. The second-order valence-electron chi connectivity index (χ2n) is 9.45. The van der Waals surface area contributed by atoms with E-state index in [0.717, 1.165) is 31.3 Å². The molecule has 3 saturated carbocycles. The SMILES string of the molecule is C[C@@]12C=CC(=O)C=C1CC[C@H]1C2[C@H](O)C[C@]2(C)C1CC[C@H]2C(=O)CO[PH](=O)O. The molecule has 4 rings (SSSR count). The molecule has 8 atom stereocenters. The molecule has 0 aromatic rings. The molecule has 3 fully saturated rings. The number of rotatable bonds is 4. The number of aliphatic hydroxyl groups excluding tert-OH is 1. The maximum absolute atomic E-state index is 12.7. The van der Waals surface area contributed by atoms with E-state index in [1.807, 2.05) is 6.08 Å². The normalized spacial score (nSPS) is 45.6. The minimum atomic E-state index is -3.12. The molecular weight excluding hydrogens is 379 g/mol. The highest BCUT2D eigenvalue weighted by Gasteiger charge is 2.62. The molecule has 0 heterocycles. The molecule has 0 spiro atoms. The largest absolute Gasteiger partial charge is 0.393 e. The van der Waals surface area contributed by atoms with Crippen LogP contribution in [0.2, 0.25) is 0 Å². The van der Waals surface area contributed by atoms with Crippen LogP contribution >= 0.6 is 8.25 Å². The van der Waals surface area contributed by atoms with Gasteiger partial charge >= 0.3 is 8.25 Å². The van der Waals surface area contributed by atoms with Crippen molar-refractivity contribution in [1.29, 1.82) is 0 Å². The number of aliphatic hydroxyl groups is 1. The summed E-state index contributed by atoms with van der Waals surface area (Å²) in [4.78, 5) is 33.4. The van der Waals surface area contributed by atoms with Gasteiger partial charge in [0.15, 0.2) is 11.6 Å². The van der Waals surface area contributed by atoms with Gasteiger partial charge in [0.25, 0.3) is 0 Å². The van der Waals surface area contributed by atoms with Gasteiger partial charge in [-0.1, -0.05) is 25.5 Å². The molecule has 3 unspecified atom stereocenters. The number of ketones is 2. The third-order valence-corrected chi connectivity index (χ3v) is 8.61. The Balaban J connectivity index is 1.62. The highest BCUT2D eigenvalue weighted by molar-refractivity contribution is 7.32. The van der Waals surface area contributed by atoms with E-state index >= 15 is 0 Å². The van der Waals surface area contributed by atoms with Gasteiger partial charge in [-0.15, -0.1) is 0 Å². The van der Waals surface area contributed by atoms with Crippen molar-refractivity contribution in [3.63, 3.8) is 0 Å². The van der Waals surface area contributed by atoms with Crippen molar-refractivity contribution in [1.82, 2.24) is 0 Å². The van der Waals surface area contributed by atoms with Crippen LogP contribution in [-0.4, -0.2) is 34.3 Å². The Morgan fingerprint density at radius 3 is 2.79 bits per heavy atom. The molecule has 0 radical (unpaired) electrons. The lowest BCUT2D eigenvalue weighted by Crippen LogP contribution is -2.56. The zero-order valence-electron chi connectivity index (χ0n) is 16.4. The van der Waals surface area contributed by atoms with E-state index in [1.165, 1.54) is 0 Å². The Labute approximate surface area is 166 Å². The molecule has 0 aromatic heterocycles. The first-order valence-electron chi connectivity index (χ1n) is 10.2. The third-order valence-electron chi connectivity index (χ3n) is 8.22. The monoisotopic (exact) mass is 408 g/mol. The molecule has 2 N–H and O–H groups in total. The Bertz CT molecular complexity index is 788. The van der Waals surface area contributed by atoms with Crippen molar-refractivity contribution in [2.45, 2.75) is 52.1 Å². The smallest absolute Gasteiger partial charge is 0.317 e. The predicted molar refractivity (Wildman–Crippen MR) is 104 cm³/mol. The summed E-state index contributed by atoms with van der Waals surface area (Å²) in [5, 5.41) is 11.2. The molecule has 154 valence electrons. The van der Waals surface area contributed by atoms with Gasteiger partial charge in [-0.05, 0) is 61.5 Å². The van der Waals surface area contributed by atoms with Gasteiger partial charge in [0.05, 0.1) is 6.10 Å². The maximum Gasteiger partial charge on any atom is 0.317 e. The number of allylic oxidation sites excluding steroid dienone is 4. The van der Waals surface area contributed by atoms with Gasteiger partial charge in [-0.3, -0.25) is 14.2 Å². The number of carbonyl (C=O) groups excluding carboxylic acids is 2.